The maximum absolute atomic E-state index is 9.05. The summed E-state index contributed by atoms with van der Waals surface area (Å²) >= 11 is 4.68. The van der Waals surface area contributed by atoms with Crippen molar-refractivity contribution in [1.29, 1.82) is 0 Å². The van der Waals surface area contributed by atoms with Gasteiger partial charge in [-0.2, -0.15) is 0 Å². The van der Waals surface area contributed by atoms with Gasteiger partial charge in [0.2, 0.25) is 0 Å². The minimum absolute atomic E-state index is 0.0628. The first-order chi connectivity index (χ1) is 6.83. The van der Waals surface area contributed by atoms with Crippen LogP contribution in [0.1, 0.15) is 27.7 Å². The fourth-order valence-electron chi connectivity index (χ4n) is 2.13. The molecule has 0 radical (unpaired) electrons. The molecule has 0 heterocycles. The highest BCUT2D eigenvalue weighted by Gasteiger charge is 2.25. The van der Waals surface area contributed by atoms with E-state index in [2.05, 4.69) is 49.7 Å². The standard InChI is InChI=1S/C11H24N2OS/c1-6-13(7-2)11(3,4)9-12(5)8-10(14)15/h6-9H2,1-5H3,(H,14,15). The first kappa shape index (κ1) is 14.8. The van der Waals surface area contributed by atoms with Gasteiger partial charge in [0, 0.05) is 12.1 Å². The number of hydrogen-bond donors (Lipinski definition) is 1. The van der Waals surface area contributed by atoms with Crippen molar-refractivity contribution in [2.24, 2.45) is 0 Å². The summed E-state index contributed by atoms with van der Waals surface area (Å²) in [6, 6.07) is 0. The van der Waals surface area contributed by atoms with Crippen LogP contribution in [-0.4, -0.2) is 58.7 Å². The first-order valence-corrected chi connectivity index (χ1v) is 5.89. The zero-order chi connectivity index (χ0) is 12.1. The van der Waals surface area contributed by atoms with Crippen LogP contribution in [0.2, 0.25) is 0 Å². The predicted molar refractivity (Wildman–Crippen MR) is 69.7 cm³/mol. The van der Waals surface area contributed by atoms with Gasteiger partial charge in [0.05, 0.1) is 6.54 Å². The van der Waals surface area contributed by atoms with Crippen molar-refractivity contribution in [2.75, 3.05) is 33.2 Å². The summed E-state index contributed by atoms with van der Waals surface area (Å²) < 4.78 is 0. The number of nitrogens with zero attached hydrogens (tertiary/aromatic N) is 2. The van der Waals surface area contributed by atoms with Crippen molar-refractivity contribution in [2.45, 2.75) is 33.2 Å². The Bertz CT molecular complexity index is 203. The molecule has 15 heavy (non-hydrogen) atoms. The highest BCUT2D eigenvalue weighted by atomic mass is 32.1. The van der Waals surface area contributed by atoms with Crippen LogP contribution >= 0.6 is 12.2 Å². The van der Waals surface area contributed by atoms with Crippen LogP contribution in [0.4, 0.5) is 0 Å². The van der Waals surface area contributed by atoms with Crippen molar-refractivity contribution in [3.8, 4) is 0 Å². The molecule has 0 saturated heterocycles. The van der Waals surface area contributed by atoms with Crippen LogP contribution < -0.4 is 0 Å². The second kappa shape index (κ2) is 6.40. The molecule has 0 aromatic carbocycles. The van der Waals surface area contributed by atoms with Gasteiger partial charge in [-0.15, -0.1) is 0 Å². The molecule has 4 heteroatoms. The predicted octanol–water partition coefficient (Wildman–Crippen LogP) is 1.92. The van der Waals surface area contributed by atoms with Gasteiger partial charge in [-0.3, -0.25) is 9.80 Å². The normalized spacial score (nSPS) is 12.5. The summed E-state index contributed by atoms with van der Waals surface area (Å²) in [4.78, 5) is 4.46. The third-order valence-electron chi connectivity index (χ3n) is 2.68. The molecule has 0 unspecified atom stereocenters. The van der Waals surface area contributed by atoms with E-state index in [0.29, 0.717) is 6.54 Å². The Hall–Kier alpha value is -0.190. The Morgan fingerprint density at radius 1 is 1.27 bits per heavy atom. The third-order valence-corrected chi connectivity index (χ3v) is 2.81. The average molecular weight is 232 g/mol. The second-order valence-corrected chi connectivity index (χ2v) is 5.02. The summed E-state index contributed by atoms with van der Waals surface area (Å²) in [5.74, 6) is 0. The van der Waals surface area contributed by atoms with Gasteiger partial charge in [-0.05, 0) is 46.2 Å². The molecule has 0 fully saturated rings. The molecule has 90 valence electrons. The Morgan fingerprint density at radius 3 is 2.07 bits per heavy atom. The van der Waals surface area contributed by atoms with Crippen LogP contribution in [0.5, 0.6) is 0 Å². The van der Waals surface area contributed by atoms with E-state index in [9.17, 15) is 0 Å². The highest BCUT2D eigenvalue weighted by molar-refractivity contribution is 7.80. The van der Waals surface area contributed by atoms with E-state index in [-0.39, 0.29) is 10.6 Å². The van der Waals surface area contributed by atoms with Crippen LogP contribution in [0.15, 0.2) is 0 Å². The number of thiocarbonyl (C=S) groups is 1. The van der Waals surface area contributed by atoms with Gasteiger partial charge in [0.15, 0.2) is 5.05 Å². The molecule has 0 rings (SSSR count). The lowest BCUT2D eigenvalue weighted by Crippen LogP contribution is -2.51. The summed E-state index contributed by atoms with van der Waals surface area (Å²) in [5.41, 5.74) is 0.114. The summed E-state index contributed by atoms with van der Waals surface area (Å²) in [5, 5.41) is 9.11. The molecule has 0 aliphatic heterocycles. The second-order valence-electron chi connectivity index (χ2n) is 4.55. The van der Waals surface area contributed by atoms with E-state index in [1.54, 1.807) is 0 Å². The smallest absolute Gasteiger partial charge is 0.170 e. The number of aliphatic hydroxyl groups excluding tert-OH is 1. The molecule has 0 aliphatic carbocycles. The Labute approximate surface area is 99.1 Å². The van der Waals surface area contributed by atoms with Crippen molar-refractivity contribution >= 4 is 17.3 Å². The van der Waals surface area contributed by atoms with Crippen molar-refractivity contribution < 1.29 is 5.11 Å². The van der Waals surface area contributed by atoms with Gasteiger partial charge in [-0.1, -0.05) is 13.8 Å². The molecule has 0 spiro atoms. The van der Waals surface area contributed by atoms with Crippen molar-refractivity contribution in [3.63, 3.8) is 0 Å². The quantitative estimate of drug-likeness (QED) is 0.679. The average Bonchev–Trinajstić information content (AvgIpc) is 2.02. The molecule has 0 bridgehead atoms. The zero-order valence-corrected chi connectivity index (χ0v) is 11.4. The number of likely N-dealkylation sites (N-methyl/N-ethyl adjacent to an activating group) is 2. The van der Waals surface area contributed by atoms with Gasteiger partial charge >= 0.3 is 0 Å². The lowest BCUT2D eigenvalue weighted by Gasteiger charge is -2.39. The fourth-order valence-corrected chi connectivity index (χ4v) is 2.35. The largest absolute Gasteiger partial charge is 0.501 e. The molecular formula is C11H24N2OS. The van der Waals surface area contributed by atoms with Crippen molar-refractivity contribution in [3.05, 3.63) is 0 Å². The maximum atomic E-state index is 9.05. The van der Waals surface area contributed by atoms with Gasteiger partial charge in [0.1, 0.15) is 0 Å². The Kier molecular flexibility index (Phi) is 6.32. The molecule has 0 aromatic heterocycles. The van der Waals surface area contributed by atoms with Crippen LogP contribution in [0.25, 0.3) is 0 Å². The summed E-state index contributed by atoms with van der Waals surface area (Å²) in [6.45, 7) is 12.2. The first-order valence-electron chi connectivity index (χ1n) is 5.48. The Balaban J connectivity index is 4.28. The van der Waals surface area contributed by atoms with E-state index >= 15 is 0 Å². The number of hydrogen-bond acceptors (Lipinski definition) is 3. The molecule has 3 nitrogen and oxygen atoms in total. The molecule has 1 N–H and O–H groups in total. The molecule has 0 atom stereocenters. The van der Waals surface area contributed by atoms with E-state index in [1.807, 2.05) is 7.05 Å². The minimum Gasteiger partial charge on any atom is -0.501 e. The molecular weight excluding hydrogens is 208 g/mol. The lowest BCUT2D eigenvalue weighted by molar-refractivity contribution is 0.0981. The van der Waals surface area contributed by atoms with Crippen LogP contribution in [-0.2, 0) is 0 Å². The summed E-state index contributed by atoms with van der Waals surface area (Å²) in [6.07, 6.45) is 0. The fraction of sp³-hybridized carbons (Fsp3) is 0.909. The van der Waals surface area contributed by atoms with Crippen LogP contribution in [0.3, 0.4) is 0 Å². The lowest BCUT2D eigenvalue weighted by atomic mass is 10.0. The van der Waals surface area contributed by atoms with Gasteiger partial charge in [-0.25, -0.2) is 0 Å². The van der Waals surface area contributed by atoms with Gasteiger partial charge in [0.25, 0.3) is 0 Å². The highest BCUT2D eigenvalue weighted by Crippen LogP contribution is 2.14. The SMILES string of the molecule is CCN(CC)C(C)(C)CN(C)CC(O)=S. The summed E-state index contributed by atoms with van der Waals surface area (Å²) in [7, 11) is 1.98. The zero-order valence-electron chi connectivity index (χ0n) is 10.6. The van der Waals surface area contributed by atoms with E-state index < -0.39 is 0 Å². The van der Waals surface area contributed by atoms with Crippen molar-refractivity contribution in [1.82, 2.24) is 9.80 Å². The molecule has 0 saturated carbocycles. The van der Waals surface area contributed by atoms with E-state index in [1.165, 1.54) is 0 Å². The van der Waals surface area contributed by atoms with Gasteiger partial charge < -0.3 is 5.11 Å². The molecule has 0 aromatic rings. The topological polar surface area (TPSA) is 26.7 Å². The molecule has 0 aliphatic rings. The van der Waals surface area contributed by atoms with E-state index in [4.69, 9.17) is 5.11 Å². The third kappa shape index (κ3) is 5.44. The molecule has 0 amide bonds. The number of rotatable bonds is 7. The Morgan fingerprint density at radius 2 is 1.73 bits per heavy atom. The maximum Gasteiger partial charge on any atom is 0.170 e. The number of aliphatic hydroxyl groups is 1. The monoisotopic (exact) mass is 232 g/mol. The van der Waals surface area contributed by atoms with Crippen LogP contribution in [0, 0.1) is 0 Å². The minimum atomic E-state index is 0.0628. The van der Waals surface area contributed by atoms with E-state index in [0.717, 1.165) is 19.6 Å².